The number of rotatable bonds is 6. The van der Waals surface area contributed by atoms with Crippen LogP contribution < -0.4 is 5.32 Å². The van der Waals surface area contributed by atoms with E-state index < -0.39 is 0 Å². The van der Waals surface area contributed by atoms with Gasteiger partial charge >= 0.3 is 0 Å². The molecule has 3 heteroatoms. The monoisotopic (exact) mass is 214 g/mol. The molecule has 0 aromatic heterocycles. The van der Waals surface area contributed by atoms with Crippen molar-refractivity contribution in [2.75, 3.05) is 39.9 Å². The molecular formula is C12H26N2O. The van der Waals surface area contributed by atoms with E-state index >= 15 is 0 Å². The van der Waals surface area contributed by atoms with Crippen molar-refractivity contribution in [3.05, 3.63) is 0 Å². The molecule has 0 atom stereocenters. The fraction of sp³-hybridized carbons (Fsp3) is 1.00. The Hall–Kier alpha value is -0.120. The smallest absolute Gasteiger partial charge is 0.0462 e. The van der Waals surface area contributed by atoms with Gasteiger partial charge in [0.05, 0.1) is 0 Å². The second kappa shape index (κ2) is 6.46. The first-order valence-electron chi connectivity index (χ1n) is 6.10. The van der Waals surface area contributed by atoms with Gasteiger partial charge < -0.3 is 15.0 Å². The lowest BCUT2D eigenvalue weighted by Crippen LogP contribution is -2.57. The highest BCUT2D eigenvalue weighted by molar-refractivity contribution is 4.86. The van der Waals surface area contributed by atoms with Crippen molar-refractivity contribution in [2.24, 2.45) is 0 Å². The van der Waals surface area contributed by atoms with Crippen LogP contribution in [-0.2, 0) is 4.74 Å². The Morgan fingerprint density at radius 1 is 1.27 bits per heavy atom. The second-order valence-corrected chi connectivity index (χ2v) is 5.14. The Morgan fingerprint density at radius 2 is 2.07 bits per heavy atom. The molecule has 0 unspecified atom stereocenters. The van der Waals surface area contributed by atoms with Gasteiger partial charge in [0.1, 0.15) is 0 Å². The van der Waals surface area contributed by atoms with Crippen LogP contribution in [0.1, 0.15) is 33.1 Å². The maximum Gasteiger partial charge on any atom is 0.0462 e. The van der Waals surface area contributed by atoms with Crippen molar-refractivity contribution in [3.63, 3.8) is 0 Å². The molecule has 90 valence electrons. The summed E-state index contributed by atoms with van der Waals surface area (Å²) >= 11 is 0. The molecule has 1 heterocycles. The molecule has 0 radical (unpaired) electrons. The van der Waals surface area contributed by atoms with Crippen LogP contribution >= 0.6 is 0 Å². The highest BCUT2D eigenvalue weighted by Gasteiger charge is 2.24. The zero-order valence-corrected chi connectivity index (χ0v) is 10.5. The number of nitrogens with one attached hydrogen (secondary N) is 1. The molecule has 0 bridgehead atoms. The zero-order valence-electron chi connectivity index (χ0n) is 10.5. The van der Waals surface area contributed by atoms with E-state index in [9.17, 15) is 0 Å². The molecule has 1 N–H and O–H groups in total. The lowest BCUT2D eigenvalue weighted by molar-refractivity contribution is 0.149. The van der Waals surface area contributed by atoms with Crippen molar-refractivity contribution in [1.82, 2.24) is 10.2 Å². The Labute approximate surface area is 94.2 Å². The minimum Gasteiger partial charge on any atom is -0.385 e. The quantitative estimate of drug-likeness (QED) is 0.678. The number of hydrogen-bond donors (Lipinski definition) is 1. The maximum absolute atomic E-state index is 5.04. The summed E-state index contributed by atoms with van der Waals surface area (Å²) in [5.41, 5.74) is 0.296. The molecule has 3 nitrogen and oxygen atoms in total. The minimum atomic E-state index is 0.296. The van der Waals surface area contributed by atoms with E-state index in [0.717, 1.165) is 13.2 Å². The highest BCUT2D eigenvalue weighted by atomic mass is 16.5. The number of nitrogens with zero attached hydrogens (tertiary/aromatic N) is 1. The molecule has 1 fully saturated rings. The normalized spacial score (nSPS) is 21.8. The van der Waals surface area contributed by atoms with Gasteiger partial charge in [0.25, 0.3) is 0 Å². The van der Waals surface area contributed by atoms with Crippen molar-refractivity contribution < 1.29 is 4.74 Å². The fourth-order valence-electron chi connectivity index (χ4n) is 2.20. The predicted octanol–water partition coefficient (Wildman–Crippen LogP) is 1.49. The standard InChI is InChI=1S/C12H26N2O/c1-12(2)11-14(9-7-13-12)8-5-4-6-10-15-3/h13H,4-11H2,1-3H3. The highest BCUT2D eigenvalue weighted by Crippen LogP contribution is 2.11. The average Bonchev–Trinajstić information content (AvgIpc) is 2.16. The number of unbranched alkanes of at least 4 members (excludes halogenated alkanes) is 2. The van der Waals surface area contributed by atoms with Crippen LogP contribution in [-0.4, -0.2) is 50.3 Å². The van der Waals surface area contributed by atoms with Crippen LogP contribution in [0.5, 0.6) is 0 Å². The van der Waals surface area contributed by atoms with Gasteiger partial charge in [-0.1, -0.05) is 0 Å². The fourth-order valence-corrected chi connectivity index (χ4v) is 2.20. The molecular weight excluding hydrogens is 188 g/mol. The van der Waals surface area contributed by atoms with Gasteiger partial charge in [0, 0.05) is 38.9 Å². The van der Waals surface area contributed by atoms with Crippen LogP contribution in [0.2, 0.25) is 0 Å². The third-order valence-corrected chi connectivity index (χ3v) is 2.97. The third kappa shape index (κ3) is 5.50. The van der Waals surface area contributed by atoms with Gasteiger partial charge in [-0.05, 0) is 39.7 Å². The van der Waals surface area contributed by atoms with Gasteiger partial charge in [-0.15, -0.1) is 0 Å². The van der Waals surface area contributed by atoms with Gasteiger partial charge in [-0.25, -0.2) is 0 Å². The molecule has 1 aliphatic rings. The van der Waals surface area contributed by atoms with Gasteiger partial charge in [0.2, 0.25) is 0 Å². The van der Waals surface area contributed by atoms with Crippen molar-refractivity contribution in [1.29, 1.82) is 0 Å². The SMILES string of the molecule is COCCCCCN1CCNC(C)(C)C1. The van der Waals surface area contributed by atoms with Crippen molar-refractivity contribution >= 4 is 0 Å². The van der Waals surface area contributed by atoms with E-state index in [2.05, 4.69) is 24.1 Å². The molecule has 15 heavy (non-hydrogen) atoms. The molecule has 0 amide bonds. The first-order chi connectivity index (χ1) is 7.14. The van der Waals surface area contributed by atoms with Gasteiger partial charge in [-0.3, -0.25) is 0 Å². The molecule has 1 rings (SSSR count). The van der Waals surface area contributed by atoms with Crippen LogP contribution in [0, 0.1) is 0 Å². The number of hydrogen-bond acceptors (Lipinski definition) is 3. The summed E-state index contributed by atoms with van der Waals surface area (Å²) < 4.78 is 5.04. The summed E-state index contributed by atoms with van der Waals surface area (Å²) in [6.07, 6.45) is 3.80. The van der Waals surface area contributed by atoms with Crippen LogP contribution in [0.3, 0.4) is 0 Å². The van der Waals surface area contributed by atoms with E-state index in [4.69, 9.17) is 4.74 Å². The molecule has 0 aromatic rings. The minimum absolute atomic E-state index is 0.296. The molecule has 0 aromatic carbocycles. The first-order valence-corrected chi connectivity index (χ1v) is 6.10. The Bertz CT molecular complexity index is 171. The van der Waals surface area contributed by atoms with Crippen molar-refractivity contribution in [3.8, 4) is 0 Å². The topological polar surface area (TPSA) is 24.5 Å². The van der Waals surface area contributed by atoms with E-state index in [0.29, 0.717) is 5.54 Å². The van der Waals surface area contributed by atoms with Crippen LogP contribution in [0.15, 0.2) is 0 Å². The largest absolute Gasteiger partial charge is 0.385 e. The summed E-state index contributed by atoms with van der Waals surface area (Å²) in [6.45, 7) is 10.2. The number of ether oxygens (including phenoxy) is 1. The molecule has 0 spiro atoms. The summed E-state index contributed by atoms with van der Waals surface area (Å²) in [4.78, 5) is 2.57. The van der Waals surface area contributed by atoms with E-state index in [-0.39, 0.29) is 0 Å². The Morgan fingerprint density at radius 3 is 2.73 bits per heavy atom. The Kier molecular flexibility index (Phi) is 5.58. The average molecular weight is 214 g/mol. The van der Waals surface area contributed by atoms with E-state index in [1.807, 2.05) is 0 Å². The second-order valence-electron chi connectivity index (χ2n) is 5.14. The van der Waals surface area contributed by atoms with Crippen LogP contribution in [0.25, 0.3) is 0 Å². The summed E-state index contributed by atoms with van der Waals surface area (Å²) in [7, 11) is 1.78. The summed E-state index contributed by atoms with van der Waals surface area (Å²) in [5.74, 6) is 0. The van der Waals surface area contributed by atoms with Gasteiger partial charge in [-0.2, -0.15) is 0 Å². The number of piperazine rings is 1. The lowest BCUT2D eigenvalue weighted by Gasteiger charge is -2.39. The van der Waals surface area contributed by atoms with Gasteiger partial charge in [0.15, 0.2) is 0 Å². The zero-order chi connectivity index (χ0) is 11.1. The third-order valence-electron chi connectivity index (χ3n) is 2.97. The summed E-state index contributed by atoms with van der Waals surface area (Å²) in [5, 5.41) is 3.54. The van der Waals surface area contributed by atoms with E-state index in [1.54, 1.807) is 7.11 Å². The Balaban J connectivity index is 2.05. The lowest BCUT2D eigenvalue weighted by atomic mass is 10.0. The summed E-state index contributed by atoms with van der Waals surface area (Å²) in [6, 6.07) is 0. The molecule has 1 aliphatic heterocycles. The maximum atomic E-state index is 5.04. The van der Waals surface area contributed by atoms with Crippen molar-refractivity contribution in [2.45, 2.75) is 38.6 Å². The first kappa shape index (κ1) is 12.9. The predicted molar refractivity (Wildman–Crippen MR) is 64.2 cm³/mol. The number of methoxy groups -OCH3 is 1. The van der Waals surface area contributed by atoms with Crippen LogP contribution in [0.4, 0.5) is 0 Å². The molecule has 0 aliphatic carbocycles. The molecule has 1 saturated heterocycles. The molecule has 0 saturated carbocycles. The van der Waals surface area contributed by atoms with E-state index in [1.165, 1.54) is 38.9 Å².